The first-order chi connectivity index (χ1) is 8.00. The molecule has 1 aromatic rings. The zero-order valence-corrected chi connectivity index (χ0v) is 11.8. The highest BCUT2D eigenvalue weighted by Crippen LogP contribution is 2.13. The number of nitrogens with one attached hydrogen (secondary N) is 1. The minimum atomic E-state index is -0.343. The van der Waals surface area contributed by atoms with E-state index in [0.717, 1.165) is 9.13 Å². The topological polar surface area (TPSA) is 72.2 Å². The van der Waals surface area contributed by atoms with Crippen LogP contribution in [0.25, 0.3) is 0 Å². The van der Waals surface area contributed by atoms with Gasteiger partial charge in [-0.15, -0.1) is 0 Å². The van der Waals surface area contributed by atoms with E-state index in [1.165, 1.54) is 0 Å². The van der Waals surface area contributed by atoms with Gasteiger partial charge in [-0.1, -0.05) is 11.6 Å². The van der Waals surface area contributed by atoms with Gasteiger partial charge in [-0.05, 0) is 48.1 Å². The second-order valence-electron chi connectivity index (χ2n) is 3.81. The Morgan fingerprint density at radius 1 is 1.41 bits per heavy atom. The minimum Gasteiger partial charge on any atom is -0.370 e. The van der Waals surface area contributed by atoms with Crippen LogP contribution in [0.5, 0.6) is 0 Å². The summed E-state index contributed by atoms with van der Waals surface area (Å²) < 4.78 is 0.917. The quantitative estimate of drug-likeness (QED) is 0.628. The van der Waals surface area contributed by atoms with Crippen molar-refractivity contribution in [2.24, 2.45) is 5.73 Å². The van der Waals surface area contributed by atoms with E-state index in [4.69, 9.17) is 5.73 Å². The van der Waals surface area contributed by atoms with Crippen LogP contribution in [0.4, 0.5) is 0 Å². The molecule has 0 spiro atoms. The fourth-order valence-corrected chi connectivity index (χ4v) is 1.95. The Balaban J connectivity index is 2.52. The molecule has 1 rings (SSSR count). The first-order valence-electron chi connectivity index (χ1n) is 5.33. The van der Waals surface area contributed by atoms with E-state index in [0.29, 0.717) is 24.9 Å². The van der Waals surface area contributed by atoms with Crippen molar-refractivity contribution in [1.82, 2.24) is 5.32 Å². The number of primary amides is 1. The van der Waals surface area contributed by atoms with E-state index in [9.17, 15) is 9.59 Å². The molecule has 0 saturated carbocycles. The molecule has 1 aromatic carbocycles. The average molecular weight is 346 g/mol. The Labute approximate surface area is 114 Å². The van der Waals surface area contributed by atoms with Crippen LogP contribution in [-0.4, -0.2) is 18.4 Å². The van der Waals surface area contributed by atoms with Gasteiger partial charge in [-0.25, -0.2) is 0 Å². The number of hydrogen-bond acceptors (Lipinski definition) is 2. The van der Waals surface area contributed by atoms with Crippen LogP contribution in [0.3, 0.4) is 0 Å². The highest BCUT2D eigenvalue weighted by Gasteiger charge is 2.09. The molecule has 0 radical (unpaired) electrons. The minimum absolute atomic E-state index is 0.109. The smallest absolute Gasteiger partial charge is 0.252 e. The van der Waals surface area contributed by atoms with Gasteiger partial charge in [-0.3, -0.25) is 9.59 Å². The Morgan fingerprint density at radius 2 is 2.12 bits per heavy atom. The highest BCUT2D eigenvalue weighted by atomic mass is 127. The van der Waals surface area contributed by atoms with E-state index in [1.807, 2.05) is 25.1 Å². The summed E-state index contributed by atoms with van der Waals surface area (Å²) in [4.78, 5) is 22.4. The number of rotatable bonds is 5. The van der Waals surface area contributed by atoms with Crippen molar-refractivity contribution in [3.8, 4) is 0 Å². The Morgan fingerprint density at radius 3 is 2.76 bits per heavy atom. The van der Waals surface area contributed by atoms with Crippen LogP contribution in [0.1, 0.15) is 28.8 Å². The summed E-state index contributed by atoms with van der Waals surface area (Å²) in [5.74, 6) is -0.452. The lowest BCUT2D eigenvalue weighted by Gasteiger charge is -2.07. The molecule has 3 N–H and O–H groups in total. The number of nitrogens with two attached hydrogens (primary N) is 1. The molecule has 0 unspecified atom stereocenters. The van der Waals surface area contributed by atoms with Gasteiger partial charge in [-0.2, -0.15) is 0 Å². The molecule has 0 aromatic heterocycles. The van der Waals surface area contributed by atoms with Gasteiger partial charge < -0.3 is 11.1 Å². The van der Waals surface area contributed by atoms with Gasteiger partial charge in [0.15, 0.2) is 0 Å². The lowest BCUT2D eigenvalue weighted by molar-refractivity contribution is -0.118. The lowest BCUT2D eigenvalue weighted by Crippen LogP contribution is -2.26. The highest BCUT2D eigenvalue weighted by molar-refractivity contribution is 14.1. The number of carbonyl (C=O) groups is 2. The SMILES string of the molecule is Cc1ccc(I)c(C(=O)NCCCC(N)=O)c1. The van der Waals surface area contributed by atoms with Crippen molar-refractivity contribution in [2.75, 3.05) is 6.54 Å². The molecule has 5 heteroatoms. The maximum Gasteiger partial charge on any atom is 0.252 e. The van der Waals surface area contributed by atoms with Crippen molar-refractivity contribution in [2.45, 2.75) is 19.8 Å². The van der Waals surface area contributed by atoms with Crippen molar-refractivity contribution >= 4 is 34.4 Å². The molecule has 0 atom stereocenters. The van der Waals surface area contributed by atoms with Gasteiger partial charge in [0.05, 0.1) is 5.56 Å². The largest absolute Gasteiger partial charge is 0.370 e. The summed E-state index contributed by atoms with van der Waals surface area (Å²) in [6, 6.07) is 5.73. The molecule has 0 saturated heterocycles. The van der Waals surface area contributed by atoms with Crippen molar-refractivity contribution in [3.05, 3.63) is 32.9 Å². The second-order valence-corrected chi connectivity index (χ2v) is 4.97. The van der Waals surface area contributed by atoms with Gasteiger partial charge >= 0.3 is 0 Å². The van der Waals surface area contributed by atoms with Gasteiger partial charge in [0.25, 0.3) is 5.91 Å². The van der Waals surface area contributed by atoms with Crippen LogP contribution in [0.2, 0.25) is 0 Å². The fourth-order valence-electron chi connectivity index (χ4n) is 1.37. The van der Waals surface area contributed by atoms with Gasteiger partial charge in [0.1, 0.15) is 0 Å². The Bertz CT molecular complexity index is 433. The summed E-state index contributed by atoms with van der Waals surface area (Å²) in [5, 5.41) is 2.77. The summed E-state index contributed by atoms with van der Waals surface area (Å²) in [5.41, 5.74) is 6.73. The zero-order chi connectivity index (χ0) is 12.8. The number of amides is 2. The van der Waals surface area contributed by atoms with E-state index in [2.05, 4.69) is 27.9 Å². The molecule has 0 bridgehead atoms. The third-order valence-corrected chi connectivity index (χ3v) is 3.19. The van der Waals surface area contributed by atoms with Crippen LogP contribution in [0.15, 0.2) is 18.2 Å². The Hall–Kier alpha value is -1.11. The lowest BCUT2D eigenvalue weighted by atomic mass is 10.1. The van der Waals surface area contributed by atoms with Crippen molar-refractivity contribution in [3.63, 3.8) is 0 Å². The van der Waals surface area contributed by atoms with Crippen molar-refractivity contribution < 1.29 is 9.59 Å². The van der Waals surface area contributed by atoms with Crippen LogP contribution < -0.4 is 11.1 Å². The third-order valence-electron chi connectivity index (χ3n) is 2.25. The molecule has 0 fully saturated rings. The van der Waals surface area contributed by atoms with Gasteiger partial charge in [0, 0.05) is 16.5 Å². The number of hydrogen-bond donors (Lipinski definition) is 2. The molecule has 0 aliphatic carbocycles. The summed E-state index contributed by atoms with van der Waals surface area (Å²) in [6.07, 6.45) is 0.870. The summed E-state index contributed by atoms with van der Waals surface area (Å²) in [7, 11) is 0. The number of carbonyl (C=O) groups excluding carboxylic acids is 2. The molecule has 2 amide bonds. The fraction of sp³-hybridized carbons (Fsp3) is 0.333. The molecule has 0 aliphatic rings. The van der Waals surface area contributed by atoms with E-state index in [1.54, 1.807) is 0 Å². The van der Waals surface area contributed by atoms with Crippen molar-refractivity contribution in [1.29, 1.82) is 0 Å². The summed E-state index contributed by atoms with van der Waals surface area (Å²) >= 11 is 2.13. The molecule has 4 nitrogen and oxygen atoms in total. The maximum atomic E-state index is 11.8. The summed E-state index contributed by atoms with van der Waals surface area (Å²) in [6.45, 7) is 2.41. The first kappa shape index (κ1) is 14.0. The molecular formula is C12H15IN2O2. The van der Waals surface area contributed by atoms with E-state index >= 15 is 0 Å². The van der Waals surface area contributed by atoms with Crippen LogP contribution >= 0.6 is 22.6 Å². The number of benzene rings is 1. The Kier molecular flexibility index (Phi) is 5.40. The molecule has 92 valence electrons. The monoisotopic (exact) mass is 346 g/mol. The molecule has 0 heterocycles. The zero-order valence-electron chi connectivity index (χ0n) is 9.63. The predicted molar refractivity (Wildman–Crippen MR) is 74.7 cm³/mol. The number of aryl methyl sites for hydroxylation is 1. The predicted octanol–water partition coefficient (Wildman–Crippen LogP) is 1.59. The molecule has 17 heavy (non-hydrogen) atoms. The first-order valence-corrected chi connectivity index (χ1v) is 6.41. The standard InChI is InChI=1S/C12H15IN2O2/c1-8-4-5-10(13)9(7-8)12(17)15-6-2-3-11(14)16/h4-5,7H,2-3,6H2,1H3,(H2,14,16)(H,15,17). The van der Waals surface area contributed by atoms with Gasteiger partial charge in [0.2, 0.25) is 5.91 Å². The van der Waals surface area contributed by atoms with E-state index in [-0.39, 0.29) is 11.8 Å². The van der Waals surface area contributed by atoms with E-state index < -0.39 is 0 Å². The maximum absolute atomic E-state index is 11.8. The average Bonchev–Trinajstić information content (AvgIpc) is 2.27. The van der Waals surface area contributed by atoms with Crippen LogP contribution in [0, 0.1) is 10.5 Å². The third kappa shape index (κ3) is 4.72. The van der Waals surface area contributed by atoms with Crippen LogP contribution in [-0.2, 0) is 4.79 Å². The molecule has 0 aliphatic heterocycles. The normalized spacial score (nSPS) is 10.0. The second kappa shape index (κ2) is 6.58. The molecular weight excluding hydrogens is 331 g/mol. The number of halogens is 1.